The van der Waals surface area contributed by atoms with Crippen LogP contribution in [0.1, 0.15) is 91.8 Å². The number of likely N-dealkylation sites (tertiary alicyclic amines) is 1. The summed E-state index contributed by atoms with van der Waals surface area (Å²) in [6, 6.07) is 30.9. The summed E-state index contributed by atoms with van der Waals surface area (Å²) in [4.78, 5) is 31.4. The van der Waals surface area contributed by atoms with Gasteiger partial charge in [0.15, 0.2) is 9.04 Å². The van der Waals surface area contributed by atoms with E-state index in [9.17, 15) is 9.59 Å². The molecule has 1 unspecified atom stereocenters. The Labute approximate surface area is 320 Å². The number of hydrogen-bond acceptors (Lipinski definition) is 6. The first-order valence-electron chi connectivity index (χ1n) is 19.1. The third-order valence-corrected chi connectivity index (χ3v) is 10.7. The van der Waals surface area contributed by atoms with Crippen LogP contribution in [0.5, 0.6) is 0 Å². The fourth-order valence-corrected chi connectivity index (χ4v) is 8.59. The van der Waals surface area contributed by atoms with Crippen molar-refractivity contribution in [3.05, 3.63) is 108 Å². The number of carbonyl (C=O) groups is 2. The van der Waals surface area contributed by atoms with Crippen molar-refractivity contribution < 1.29 is 28.2 Å². The van der Waals surface area contributed by atoms with Crippen LogP contribution in [0.3, 0.4) is 0 Å². The maximum atomic E-state index is 14.3. The summed E-state index contributed by atoms with van der Waals surface area (Å²) in [5.41, 5.74) is -0.458. The van der Waals surface area contributed by atoms with Crippen molar-refractivity contribution in [3.8, 4) is 0 Å². The molecule has 3 atom stereocenters. The van der Waals surface area contributed by atoms with Crippen LogP contribution < -0.4 is 0 Å². The maximum absolute atomic E-state index is 14.3. The molecule has 0 aliphatic carbocycles. The van der Waals surface area contributed by atoms with E-state index in [0.29, 0.717) is 26.0 Å². The summed E-state index contributed by atoms with van der Waals surface area (Å²) in [5.74, 6) is -0.232. The average molecular weight is 745 g/mol. The van der Waals surface area contributed by atoms with Gasteiger partial charge in [-0.15, -0.1) is 0 Å². The highest BCUT2D eigenvalue weighted by Crippen LogP contribution is 2.49. The van der Waals surface area contributed by atoms with E-state index in [2.05, 4.69) is 70.3 Å². The zero-order valence-corrected chi connectivity index (χ0v) is 35.4. The first-order valence-corrected chi connectivity index (χ1v) is 21.9. The van der Waals surface area contributed by atoms with Crippen LogP contribution in [0.2, 0.25) is 13.1 Å². The predicted octanol–water partition coefficient (Wildman–Crippen LogP) is 9.87. The Morgan fingerprint density at radius 2 is 1.23 bits per heavy atom. The molecular weight excluding hydrogens is 681 g/mol. The minimum absolute atomic E-state index is 0.120. The zero-order chi connectivity index (χ0) is 39.2. The van der Waals surface area contributed by atoms with Crippen molar-refractivity contribution in [2.45, 2.75) is 111 Å². The second kappa shape index (κ2) is 16.8. The highest BCUT2D eigenvalue weighted by atomic mass is 28.3. The summed E-state index contributed by atoms with van der Waals surface area (Å²) in [6.07, 6.45) is 0.256. The van der Waals surface area contributed by atoms with E-state index in [1.54, 1.807) is 11.9 Å². The Hall–Kier alpha value is -3.66. The molecule has 1 aliphatic rings. The normalized spacial score (nSPS) is 18.9. The zero-order valence-electron chi connectivity index (χ0n) is 34.3. The standard InChI is InChI=1S/C44H64N2O6Si/c1-40(2,3)37-30-43(52-53(11)12,46(32-37)39(48)51-42(7,8)9)36(31-45(10)38(47)50-41(4,5)6)28-29-49-44(33-22-16-13-17-23-33,34-24-18-14-19-25-34)35-26-20-15-21-27-35/h13-27,36-37,53H,28-32H2,1-12H3/t36?,37-,43-/m0/s1. The molecule has 0 bridgehead atoms. The minimum Gasteiger partial charge on any atom is -0.444 e. The molecule has 3 aromatic carbocycles. The molecule has 0 spiro atoms. The molecule has 1 aliphatic heterocycles. The van der Waals surface area contributed by atoms with Crippen molar-refractivity contribution in [2.75, 3.05) is 26.7 Å². The summed E-state index contributed by atoms with van der Waals surface area (Å²) in [7, 11) is -0.0424. The molecule has 4 rings (SSSR count). The number of nitrogens with zero attached hydrogens (tertiary/aromatic N) is 2. The Morgan fingerprint density at radius 1 is 0.774 bits per heavy atom. The Bertz CT molecular complexity index is 1520. The Morgan fingerprint density at radius 3 is 1.62 bits per heavy atom. The first kappa shape index (κ1) is 42.1. The molecule has 2 amide bonds. The van der Waals surface area contributed by atoms with Crippen molar-refractivity contribution >= 4 is 21.2 Å². The van der Waals surface area contributed by atoms with Crippen LogP contribution in [0.15, 0.2) is 91.0 Å². The lowest BCUT2D eigenvalue weighted by atomic mass is 9.76. The van der Waals surface area contributed by atoms with Gasteiger partial charge in [-0.3, -0.25) is 4.90 Å². The van der Waals surface area contributed by atoms with Crippen molar-refractivity contribution in [1.82, 2.24) is 9.80 Å². The molecule has 0 saturated carbocycles. The number of benzene rings is 3. The molecule has 0 radical (unpaired) electrons. The number of ether oxygens (including phenoxy) is 3. The SMILES string of the molecule is CN(CC(CCOC(c1ccccc1)(c1ccccc1)c1ccccc1)[C@@]1(O[SiH](C)C)C[C@H](C(C)(C)C)CN1C(=O)OC(C)(C)C)C(=O)OC(C)(C)C. The fourth-order valence-electron chi connectivity index (χ4n) is 7.36. The van der Waals surface area contributed by atoms with Gasteiger partial charge < -0.3 is 23.5 Å². The third-order valence-electron chi connectivity index (χ3n) is 9.84. The molecule has 1 heterocycles. The van der Waals surface area contributed by atoms with Crippen LogP contribution in [-0.4, -0.2) is 74.7 Å². The lowest BCUT2D eigenvalue weighted by Gasteiger charge is -2.47. The molecule has 1 fully saturated rings. The van der Waals surface area contributed by atoms with Gasteiger partial charge >= 0.3 is 12.2 Å². The molecule has 1 saturated heterocycles. The van der Waals surface area contributed by atoms with Gasteiger partial charge in [-0.05, 0) is 95.5 Å². The van der Waals surface area contributed by atoms with Crippen molar-refractivity contribution in [3.63, 3.8) is 0 Å². The lowest BCUT2D eigenvalue weighted by Crippen LogP contribution is -2.59. The summed E-state index contributed by atoms with van der Waals surface area (Å²) < 4.78 is 26.4. The molecule has 9 heteroatoms. The van der Waals surface area contributed by atoms with Gasteiger partial charge in [-0.25, -0.2) is 9.59 Å². The molecule has 0 aromatic heterocycles. The van der Waals surface area contributed by atoms with Gasteiger partial charge in [0, 0.05) is 32.7 Å². The van der Waals surface area contributed by atoms with Crippen molar-refractivity contribution in [2.24, 2.45) is 17.3 Å². The van der Waals surface area contributed by atoms with Crippen LogP contribution in [0.4, 0.5) is 9.59 Å². The second-order valence-electron chi connectivity index (χ2n) is 17.8. The first-order chi connectivity index (χ1) is 24.7. The third kappa shape index (κ3) is 10.5. The Balaban J connectivity index is 1.87. The number of hydrogen-bond donors (Lipinski definition) is 0. The smallest absolute Gasteiger partial charge is 0.412 e. The number of carbonyl (C=O) groups excluding carboxylic acids is 2. The van der Waals surface area contributed by atoms with E-state index in [1.165, 1.54) is 0 Å². The molecule has 290 valence electrons. The van der Waals surface area contributed by atoms with E-state index >= 15 is 0 Å². The molecule has 8 nitrogen and oxygen atoms in total. The quantitative estimate of drug-likeness (QED) is 0.136. The van der Waals surface area contributed by atoms with Crippen LogP contribution in [-0.2, 0) is 24.2 Å². The average Bonchev–Trinajstić information content (AvgIpc) is 3.46. The van der Waals surface area contributed by atoms with Gasteiger partial charge in [0.1, 0.15) is 22.5 Å². The molecular formula is C44H64N2O6Si. The monoisotopic (exact) mass is 744 g/mol. The van der Waals surface area contributed by atoms with Gasteiger partial charge in [0.05, 0.1) is 0 Å². The largest absolute Gasteiger partial charge is 0.444 e. The molecule has 0 N–H and O–H groups in total. The van der Waals surface area contributed by atoms with Crippen LogP contribution in [0.25, 0.3) is 0 Å². The Kier molecular flexibility index (Phi) is 13.3. The van der Waals surface area contributed by atoms with Gasteiger partial charge in [0.25, 0.3) is 0 Å². The predicted molar refractivity (Wildman–Crippen MR) is 215 cm³/mol. The second-order valence-corrected chi connectivity index (χ2v) is 20.2. The maximum Gasteiger partial charge on any atom is 0.412 e. The van der Waals surface area contributed by atoms with E-state index in [0.717, 1.165) is 16.7 Å². The minimum atomic E-state index is -1.80. The van der Waals surface area contributed by atoms with Crippen LogP contribution in [0, 0.1) is 17.3 Å². The topological polar surface area (TPSA) is 77.5 Å². The van der Waals surface area contributed by atoms with Gasteiger partial charge in [0.2, 0.25) is 0 Å². The fraction of sp³-hybridized carbons (Fsp3) is 0.545. The summed E-state index contributed by atoms with van der Waals surface area (Å²) >= 11 is 0. The number of amides is 2. The lowest BCUT2D eigenvalue weighted by molar-refractivity contribution is -0.119. The highest BCUT2D eigenvalue weighted by Gasteiger charge is 2.57. The van der Waals surface area contributed by atoms with E-state index in [1.807, 2.05) is 101 Å². The van der Waals surface area contributed by atoms with E-state index in [-0.39, 0.29) is 23.8 Å². The van der Waals surface area contributed by atoms with E-state index in [4.69, 9.17) is 18.6 Å². The summed E-state index contributed by atoms with van der Waals surface area (Å²) in [6.45, 7) is 23.2. The summed E-state index contributed by atoms with van der Waals surface area (Å²) in [5, 5.41) is 0. The van der Waals surface area contributed by atoms with Crippen molar-refractivity contribution in [1.29, 1.82) is 0 Å². The van der Waals surface area contributed by atoms with E-state index < -0.39 is 43.8 Å². The molecule has 53 heavy (non-hydrogen) atoms. The van der Waals surface area contributed by atoms with Gasteiger partial charge in [-0.2, -0.15) is 0 Å². The number of rotatable bonds is 12. The molecule has 3 aromatic rings. The van der Waals surface area contributed by atoms with Crippen LogP contribution >= 0.6 is 0 Å². The highest BCUT2D eigenvalue weighted by molar-refractivity contribution is 6.48. The van der Waals surface area contributed by atoms with Gasteiger partial charge in [-0.1, -0.05) is 112 Å².